The van der Waals surface area contributed by atoms with Gasteiger partial charge in [0, 0.05) is 38.3 Å². The molecule has 2 heterocycles. The first-order valence-electron chi connectivity index (χ1n) is 9.61. The molecule has 26 heavy (non-hydrogen) atoms. The van der Waals surface area contributed by atoms with Gasteiger partial charge in [-0.15, -0.1) is 0 Å². The van der Waals surface area contributed by atoms with E-state index in [1.54, 1.807) is 0 Å². The van der Waals surface area contributed by atoms with E-state index in [-0.39, 0.29) is 0 Å². The maximum atomic E-state index is 5.44. The van der Waals surface area contributed by atoms with Crippen LogP contribution in [0.15, 0.2) is 28.0 Å². The highest BCUT2D eigenvalue weighted by molar-refractivity contribution is 5.79. The van der Waals surface area contributed by atoms with Gasteiger partial charge < -0.3 is 15.2 Å². The molecular formula is C19H32N6O. The molecule has 7 heteroatoms. The Morgan fingerprint density at radius 3 is 2.73 bits per heavy atom. The molecule has 7 nitrogen and oxygen atoms in total. The highest BCUT2D eigenvalue weighted by Gasteiger charge is 2.12. The molecule has 0 unspecified atom stereocenters. The summed E-state index contributed by atoms with van der Waals surface area (Å²) in [4.78, 5) is 4.60. The van der Waals surface area contributed by atoms with Crippen molar-refractivity contribution in [1.82, 2.24) is 25.6 Å². The molecule has 0 aromatic carbocycles. The third-order valence-electron chi connectivity index (χ3n) is 4.41. The first-order chi connectivity index (χ1) is 12.7. The van der Waals surface area contributed by atoms with Crippen molar-refractivity contribution >= 4 is 5.96 Å². The molecule has 0 amide bonds. The molecule has 0 saturated heterocycles. The molecule has 0 bridgehead atoms. The second kappa shape index (κ2) is 10.6. The molecule has 0 saturated carbocycles. The Kier molecular flexibility index (Phi) is 8.18. The van der Waals surface area contributed by atoms with Crippen molar-refractivity contribution in [2.24, 2.45) is 12.0 Å². The van der Waals surface area contributed by atoms with E-state index in [0.717, 1.165) is 56.2 Å². The van der Waals surface area contributed by atoms with Gasteiger partial charge in [0.1, 0.15) is 6.54 Å². The molecule has 0 radical (unpaired) electrons. The highest BCUT2D eigenvalue weighted by Crippen LogP contribution is 2.22. The number of hydrogen-bond acceptors (Lipinski definition) is 4. The highest BCUT2D eigenvalue weighted by atomic mass is 16.5. The lowest BCUT2D eigenvalue weighted by atomic mass is 9.99. The Hall–Kier alpha value is -2.31. The van der Waals surface area contributed by atoms with E-state index < -0.39 is 0 Å². The zero-order valence-corrected chi connectivity index (χ0v) is 16.5. The number of nitrogens with zero attached hydrogens (tertiary/aromatic N) is 4. The van der Waals surface area contributed by atoms with E-state index >= 15 is 0 Å². The van der Waals surface area contributed by atoms with Crippen molar-refractivity contribution < 1.29 is 4.52 Å². The molecule has 0 aliphatic heterocycles. The number of aliphatic imine (C=N–C) groups is 1. The van der Waals surface area contributed by atoms with Crippen LogP contribution >= 0.6 is 0 Å². The summed E-state index contributed by atoms with van der Waals surface area (Å²) in [7, 11) is 1.94. The monoisotopic (exact) mass is 360 g/mol. The van der Waals surface area contributed by atoms with E-state index in [1.165, 1.54) is 5.56 Å². The van der Waals surface area contributed by atoms with Crippen LogP contribution in [0.1, 0.15) is 63.0 Å². The second-order valence-electron chi connectivity index (χ2n) is 6.48. The van der Waals surface area contributed by atoms with Crippen molar-refractivity contribution in [2.45, 2.75) is 58.9 Å². The lowest BCUT2D eigenvalue weighted by Gasteiger charge is -2.10. The van der Waals surface area contributed by atoms with Crippen LogP contribution in [0.25, 0.3) is 0 Å². The van der Waals surface area contributed by atoms with Crippen LogP contribution in [0.4, 0.5) is 0 Å². The Morgan fingerprint density at radius 2 is 2.08 bits per heavy atom. The van der Waals surface area contributed by atoms with Gasteiger partial charge in [-0.25, -0.2) is 4.99 Å². The van der Waals surface area contributed by atoms with E-state index in [9.17, 15) is 0 Å². The molecule has 144 valence electrons. The van der Waals surface area contributed by atoms with Crippen LogP contribution in [0, 0.1) is 0 Å². The van der Waals surface area contributed by atoms with E-state index in [4.69, 9.17) is 4.52 Å². The number of aromatic nitrogens is 3. The average Bonchev–Trinajstić information content (AvgIpc) is 3.27. The average molecular weight is 361 g/mol. The van der Waals surface area contributed by atoms with Gasteiger partial charge in [-0.3, -0.25) is 4.68 Å². The van der Waals surface area contributed by atoms with E-state index in [1.807, 2.05) is 24.0 Å². The predicted octanol–water partition coefficient (Wildman–Crippen LogP) is 3.00. The Balaban J connectivity index is 1.81. The van der Waals surface area contributed by atoms with E-state index in [0.29, 0.717) is 12.5 Å². The third kappa shape index (κ3) is 6.20. The van der Waals surface area contributed by atoms with Crippen molar-refractivity contribution in [2.75, 3.05) is 13.1 Å². The van der Waals surface area contributed by atoms with Gasteiger partial charge in [0.15, 0.2) is 11.7 Å². The van der Waals surface area contributed by atoms with Crippen LogP contribution < -0.4 is 10.6 Å². The van der Waals surface area contributed by atoms with E-state index in [2.05, 4.69) is 52.8 Å². The van der Waals surface area contributed by atoms with Crippen molar-refractivity contribution in [3.63, 3.8) is 0 Å². The molecule has 0 fully saturated rings. The van der Waals surface area contributed by atoms with Gasteiger partial charge in [0.05, 0.1) is 11.9 Å². The standard InChI is InChI=1S/C19H32N6O/c1-5-16(6-2)18-11-17(26-24-18)13-22-19(20-7-3)21-10-8-9-15-12-23-25(4)14-15/h11-12,14,16H,5-10,13H2,1-4H3,(H2,20,21,22). The fourth-order valence-electron chi connectivity index (χ4n) is 2.90. The molecule has 0 aliphatic carbocycles. The summed E-state index contributed by atoms with van der Waals surface area (Å²) >= 11 is 0. The van der Waals surface area contributed by atoms with Gasteiger partial charge in [-0.2, -0.15) is 5.10 Å². The minimum Gasteiger partial charge on any atom is -0.359 e. The molecule has 2 aromatic rings. The molecular weight excluding hydrogens is 328 g/mol. The number of hydrogen-bond donors (Lipinski definition) is 2. The molecule has 2 N–H and O–H groups in total. The first kappa shape index (κ1) is 20.0. The minimum atomic E-state index is 0.468. The lowest BCUT2D eigenvalue weighted by molar-refractivity contribution is 0.372. The number of guanidine groups is 1. The maximum absolute atomic E-state index is 5.44. The summed E-state index contributed by atoms with van der Waals surface area (Å²) in [6.45, 7) is 8.59. The predicted molar refractivity (Wildman–Crippen MR) is 104 cm³/mol. The van der Waals surface area contributed by atoms with Gasteiger partial charge in [0.25, 0.3) is 0 Å². The third-order valence-corrected chi connectivity index (χ3v) is 4.41. The molecule has 0 spiro atoms. The minimum absolute atomic E-state index is 0.468. The van der Waals surface area contributed by atoms with Crippen LogP contribution in [0.3, 0.4) is 0 Å². The summed E-state index contributed by atoms with van der Waals surface area (Å²) in [6.07, 6.45) is 8.15. The first-order valence-corrected chi connectivity index (χ1v) is 9.61. The fraction of sp³-hybridized carbons (Fsp3) is 0.632. The quantitative estimate of drug-likeness (QED) is 0.387. The topological polar surface area (TPSA) is 80.3 Å². The van der Waals surface area contributed by atoms with Crippen LogP contribution in [-0.4, -0.2) is 34.0 Å². The van der Waals surface area contributed by atoms with Crippen LogP contribution in [0.2, 0.25) is 0 Å². The summed E-state index contributed by atoms with van der Waals surface area (Å²) in [6, 6.07) is 2.03. The Bertz CT molecular complexity index is 671. The zero-order chi connectivity index (χ0) is 18.8. The Morgan fingerprint density at radius 1 is 1.27 bits per heavy atom. The van der Waals surface area contributed by atoms with Crippen LogP contribution in [0.5, 0.6) is 0 Å². The van der Waals surface area contributed by atoms with Crippen molar-refractivity contribution in [1.29, 1.82) is 0 Å². The molecule has 2 rings (SSSR count). The van der Waals surface area contributed by atoms with Gasteiger partial charge in [-0.05, 0) is 38.2 Å². The number of rotatable bonds is 10. The summed E-state index contributed by atoms with van der Waals surface area (Å²) in [5.74, 6) is 2.08. The normalized spacial score (nSPS) is 12.0. The van der Waals surface area contributed by atoms with Crippen molar-refractivity contribution in [3.05, 3.63) is 35.5 Å². The Labute approximate surface area is 156 Å². The summed E-state index contributed by atoms with van der Waals surface area (Å²) in [5, 5.41) is 15.0. The molecule has 2 aromatic heterocycles. The van der Waals surface area contributed by atoms with Crippen molar-refractivity contribution in [3.8, 4) is 0 Å². The van der Waals surface area contributed by atoms with Crippen LogP contribution in [-0.2, 0) is 20.0 Å². The summed E-state index contributed by atoms with van der Waals surface area (Å²) < 4.78 is 7.28. The smallest absolute Gasteiger partial charge is 0.191 e. The number of nitrogens with one attached hydrogen (secondary N) is 2. The summed E-state index contributed by atoms with van der Waals surface area (Å²) in [5.41, 5.74) is 2.29. The number of aryl methyl sites for hydroxylation is 2. The molecule has 0 aliphatic rings. The second-order valence-corrected chi connectivity index (χ2v) is 6.48. The molecule has 0 atom stereocenters. The lowest BCUT2D eigenvalue weighted by Crippen LogP contribution is -2.37. The SMILES string of the molecule is CCNC(=NCc1cc(C(CC)CC)no1)NCCCc1cnn(C)c1. The largest absolute Gasteiger partial charge is 0.359 e. The maximum Gasteiger partial charge on any atom is 0.191 e. The fourth-order valence-corrected chi connectivity index (χ4v) is 2.90. The van der Waals surface area contributed by atoms with Gasteiger partial charge >= 0.3 is 0 Å². The van der Waals surface area contributed by atoms with Gasteiger partial charge in [-0.1, -0.05) is 19.0 Å². The van der Waals surface area contributed by atoms with Gasteiger partial charge in [0.2, 0.25) is 0 Å². The zero-order valence-electron chi connectivity index (χ0n) is 16.5.